The molecule has 0 amide bonds. The Morgan fingerprint density at radius 3 is 2.85 bits per heavy atom. The largest absolute Gasteiger partial charge is 0.481 e. The Morgan fingerprint density at radius 1 is 1.30 bits per heavy atom. The van der Waals surface area contributed by atoms with Crippen LogP contribution < -0.4 is 0 Å². The van der Waals surface area contributed by atoms with Crippen molar-refractivity contribution in [2.24, 2.45) is 5.92 Å². The molecule has 3 heteroatoms. The maximum Gasteiger partial charge on any atom is 0.312 e. The highest BCUT2D eigenvalue weighted by molar-refractivity contribution is 5.77. The quantitative estimate of drug-likeness (QED) is 0.899. The van der Waals surface area contributed by atoms with Crippen LogP contribution in [0, 0.1) is 5.92 Å². The van der Waals surface area contributed by atoms with Gasteiger partial charge in [-0.15, -0.1) is 0 Å². The maximum absolute atomic E-state index is 11.6. The lowest BCUT2D eigenvalue weighted by molar-refractivity contribution is -0.140. The van der Waals surface area contributed by atoms with Crippen LogP contribution in [0.25, 0.3) is 0 Å². The van der Waals surface area contributed by atoms with Crippen LogP contribution in [0.4, 0.5) is 0 Å². The molecule has 108 valence electrons. The van der Waals surface area contributed by atoms with Gasteiger partial charge in [0, 0.05) is 19.1 Å². The molecule has 1 aromatic rings. The summed E-state index contributed by atoms with van der Waals surface area (Å²) in [7, 11) is 0. The summed E-state index contributed by atoms with van der Waals surface area (Å²) in [4.78, 5) is 14.0. The van der Waals surface area contributed by atoms with Crippen LogP contribution in [0.2, 0.25) is 0 Å². The van der Waals surface area contributed by atoms with E-state index in [1.807, 2.05) is 18.2 Å². The number of carboxylic acids is 1. The highest BCUT2D eigenvalue weighted by atomic mass is 16.4. The van der Waals surface area contributed by atoms with Crippen molar-refractivity contribution in [1.82, 2.24) is 4.90 Å². The summed E-state index contributed by atoms with van der Waals surface area (Å²) >= 11 is 0. The molecule has 1 saturated carbocycles. The lowest BCUT2D eigenvalue weighted by atomic mass is 9.83. The molecule has 3 nitrogen and oxygen atoms in total. The van der Waals surface area contributed by atoms with Gasteiger partial charge in [0.1, 0.15) is 0 Å². The molecule has 0 aromatic heterocycles. The Bertz CT molecular complexity index is 500. The molecule has 1 aromatic carbocycles. The normalized spacial score (nSPS) is 30.8. The van der Waals surface area contributed by atoms with Crippen LogP contribution >= 0.6 is 0 Å². The summed E-state index contributed by atoms with van der Waals surface area (Å²) in [5.74, 6) is -0.280. The van der Waals surface area contributed by atoms with E-state index in [0.29, 0.717) is 12.6 Å². The van der Waals surface area contributed by atoms with E-state index in [0.717, 1.165) is 18.0 Å². The second-order valence-electron chi connectivity index (χ2n) is 6.44. The molecule has 1 N–H and O–H groups in total. The molecule has 0 saturated heterocycles. The first-order chi connectivity index (χ1) is 9.65. The first-order valence-electron chi connectivity index (χ1n) is 7.70. The fourth-order valence-electron chi connectivity index (χ4n) is 3.86. The van der Waals surface area contributed by atoms with E-state index < -0.39 is 5.97 Å². The number of rotatable bonds is 2. The second-order valence-corrected chi connectivity index (χ2v) is 6.44. The second kappa shape index (κ2) is 5.57. The number of aliphatic carboxylic acids is 1. The number of fused-ring (bicyclic) bond motifs is 1. The van der Waals surface area contributed by atoms with Crippen LogP contribution in [0.5, 0.6) is 0 Å². The molecule has 20 heavy (non-hydrogen) atoms. The number of benzene rings is 1. The third kappa shape index (κ3) is 2.59. The van der Waals surface area contributed by atoms with Crippen molar-refractivity contribution in [3.8, 4) is 0 Å². The van der Waals surface area contributed by atoms with Gasteiger partial charge in [0.15, 0.2) is 0 Å². The highest BCUT2D eigenvalue weighted by Crippen LogP contribution is 2.34. The predicted octanol–water partition coefficient (Wildman–Crippen LogP) is 3.25. The lowest BCUT2D eigenvalue weighted by Crippen LogP contribution is -2.44. The van der Waals surface area contributed by atoms with Crippen molar-refractivity contribution in [3.63, 3.8) is 0 Å². The molecule has 2 aliphatic rings. The third-order valence-electron chi connectivity index (χ3n) is 4.94. The van der Waals surface area contributed by atoms with Crippen molar-refractivity contribution < 1.29 is 9.90 Å². The van der Waals surface area contributed by atoms with Crippen LogP contribution in [-0.4, -0.2) is 28.6 Å². The lowest BCUT2D eigenvalue weighted by Gasteiger charge is -2.41. The minimum Gasteiger partial charge on any atom is -0.481 e. The molecule has 3 rings (SSSR count). The van der Waals surface area contributed by atoms with Gasteiger partial charge < -0.3 is 5.11 Å². The smallest absolute Gasteiger partial charge is 0.312 e. The van der Waals surface area contributed by atoms with Gasteiger partial charge in [0.25, 0.3) is 0 Å². The maximum atomic E-state index is 11.6. The SMILES string of the molecule is CC1CCCC(N2Cc3ccccc3C(C(=O)O)C2)C1. The van der Waals surface area contributed by atoms with Crippen LogP contribution in [0.3, 0.4) is 0 Å². The minimum absolute atomic E-state index is 0.364. The topological polar surface area (TPSA) is 40.5 Å². The predicted molar refractivity (Wildman–Crippen MR) is 78.6 cm³/mol. The van der Waals surface area contributed by atoms with E-state index in [9.17, 15) is 9.90 Å². The monoisotopic (exact) mass is 273 g/mol. The van der Waals surface area contributed by atoms with Gasteiger partial charge in [-0.25, -0.2) is 0 Å². The number of hydrogen-bond acceptors (Lipinski definition) is 2. The standard InChI is InChI=1S/C17H23NO2/c1-12-5-4-7-14(9-12)18-10-13-6-2-3-8-15(13)16(11-18)17(19)20/h2-3,6,8,12,14,16H,4-5,7,9-11H2,1H3,(H,19,20). The molecule has 1 aliphatic heterocycles. The van der Waals surface area contributed by atoms with E-state index >= 15 is 0 Å². The highest BCUT2D eigenvalue weighted by Gasteiger charge is 2.34. The number of carbonyl (C=O) groups is 1. The first-order valence-corrected chi connectivity index (χ1v) is 7.70. The van der Waals surface area contributed by atoms with Crippen LogP contribution in [0.15, 0.2) is 24.3 Å². The third-order valence-corrected chi connectivity index (χ3v) is 4.94. The van der Waals surface area contributed by atoms with E-state index in [1.165, 1.54) is 31.2 Å². The Hall–Kier alpha value is -1.35. The average molecular weight is 273 g/mol. The zero-order chi connectivity index (χ0) is 14.1. The van der Waals surface area contributed by atoms with Gasteiger partial charge in [0.2, 0.25) is 0 Å². The van der Waals surface area contributed by atoms with E-state index in [2.05, 4.69) is 17.9 Å². The van der Waals surface area contributed by atoms with E-state index in [1.54, 1.807) is 0 Å². The van der Waals surface area contributed by atoms with Crippen molar-refractivity contribution >= 4 is 5.97 Å². The molecule has 1 aliphatic carbocycles. The minimum atomic E-state index is -0.689. The number of hydrogen-bond donors (Lipinski definition) is 1. The Labute approximate surface area is 120 Å². The summed E-state index contributed by atoms with van der Waals surface area (Å²) in [5.41, 5.74) is 2.21. The molecule has 0 spiro atoms. The van der Waals surface area contributed by atoms with Crippen molar-refractivity contribution in [1.29, 1.82) is 0 Å². The fourth-order valence-corrected chi connectivity index (χ4v) is 3.86. The summed E-state index contributed by atoms with van der Waals surface area (Å²) in [6, 6.07) is 8.60. The fraction of sp³-hybridized carbons (Fsp3) is 0.588. The van der Waals surface area contributed by atoms with Gasteiger partial charge in [-0.1, -0.05) is 44.0 Å². The van der Waals surface area contributed by atoms with Gasteiger partial charge in [-0.05, 0) is 29.9 Å². The summed E-state index contributed by atoms with van der Waals surface area (Å²) in [5, 5.41) is 9.53. The molecule has 1 fully saturated rings. The Balaban J connectivity index is 1.84. The zero-order valence-corrected chi connectivity index (χ0v) is 12.1. The number of carboxylic acid groups (broad SMARTS) is 1. The van der Waals surface area contributed by atoms with Crippen molar-refractivity contribution in [3.05, 3.63) is 35.4 Å². The van der Waals surface area contributed by atoms with E-state index in [4.69, 9.17) is 0 Å². The zero-order valence-electron chi connectivity index (χ0n) is 12.1. The van der Waals surface area contributed by atoms with Gasteiger partial charge >= 0.3 is 5.97 Å². The first kappa shape index (κ1) is 13.6. The molecular formula is C17H23NO2. The van der Waals surface area contributed by atoms with Gasteiger partial charge in [-0.3, -0.25) is 9.69 Å². The molecule has 3 atom stereocenters. The molecule has 0 bridgehead atoms. The molecule has 3 unspecified atom stereocenters. The van der Waals surface area contributed by atoms with Crippen molar-refractivity contribution in [2.75, 3.05) is 6.54 Å². The Morgan fingerprint density at radius 2 is 2.10 bits per heavy atom. The van der Waals surface area contributed by atoms with Gasteiger partial charge in [0.05, 0.1) is 5.92 Å². The Kier molecular flexibility index (Phi) is 3.79. The van der Waals surface area contributed by atoms with Crippen LogP contribution in [-0.2, 0) is 11.3 Å². The van der Waals surface area contributed by atoms with Crippen molar-refractivity contribution in [2.45, 2.75) is 51.1 Å². The molecule has 0 radical (unpaired) electrons. The van der Waals surface area contributed by atoms with Gasteiger partial charge in [-0.2, -0.15) is 0 Å². The summed E-state index contributed by atoms with van der Waals surface area (Å²) in [6.45, 7) is 3.90. The summed E-state index contributed by atoms with van der Waals surface area (Å²) < 4.78 is 0. The average Bonchev–Trinajstić information content (AvgIpc) is 2.46. The number of nitrogens with zero attached hydrogens (tertiary/aromatic N) is 1. The molecule has 1 heterocycles. The van der Waals surface area contributed by atoms with Crippen LogP contribution in [0.1, 0.15) is 49.7 Å². The summed E-state index contributed by atoms with van der Waals surface area (Å²) in [6.07, 6.45) is 5.04. The molecular weight excluding hydrogens is 250 g/mol. The van der Waals surface area contributed by atoms with E-state index in [-0.39, 0.29) is 5.92 Å².